The van der Waals surface area contributed by atoms with Gasteiger partial charge in [0.15, 0.2) is 9.84 Å². The van der Waals surface area contributed by atoms with E-state index in [0.717, 1.165) is 26.1 Å². The lowest BCUT2D eigenvalue weighted by Crippen LogP contribution is -2.37. The summed E-state index contributed by atoms with van der Waals surface area (Å²) in [6, 6.07) is 0.249. The van der Waals surface area contributed by atoms with E-state index in [9.17, 15) is 13.2 Å². The van der Waals surface area contributed by atoms with E-state index in [0.29, 0.717) is 24.1 Å². The van der Waals surface area contributed by atoms with E-state index in [-0.39, 0.29) is 23.6 Å². The number of likely N-dealkylation sites (N-methyl/N-ethyl adjacent to an activating group) is 1. The summed E-state index contributed by atoms with van der Waals surface area (Å²) >= 11 is 0. The van der Waals surface area contributed by atoms with Crippen LogP contribution in [0.4, 0.5) is 10.5 Å². The minimum absolute atomic E-state index is 0.101. The second-order valence-corrected chi connectivity index (χ2v) is 9.43. The summed E-state index contributed by atoms with van der Waals surface area (Å²) in [7, 11) is -0.829. The number of anilines is 1. The van der Waals surface area contributed by atoms with Crippen molar-refractivity contribution in [3.8, 4) is 0 Å². The lowest BCUT2D eigenvalue weighted by atomic mass is 10.1. The number of likely N-dealkylation sites (tertiary alicyclic amines) is 2. The molecule has 3 saturated heterocycles. The standard InChI is InChI=1S/C15H23N5O3S/c1-18-4-2-11-7-19(9-14(11)18)15(21)17-12-6-16-20(8-12)13-3-5-24(22,23)10-13/h6,8,11,13-14H,2-5,7,9-10H2,1H3,(H,17,21)/t11-,13?,14+/m1/s1. The molecule has 1 aromatic rings. The van der Waals surface area contributed by atoms with Gasteiger partial charge in [0.05, 0.1) is 29.4 Å². The highest BCUT2D eigenvalue weighted by atomic mass is 32.2. The van der Waals surface area contributed by atoms with Crippen molar-refractivity contribution in [2.24, 2.45) is 5.92 Å². The first-order valence-electron chi connectivity index (χ1n) is 8.42. The van der Waals surface area contributed by atoms with Crippen LogP contribution < -0.4 is 5.32 Å². The van der Waals surface area contributed by atoms with Crippen molar-refractivity contribution in [1.82, 2.24) is 19.6 Å². The van der Waals surface area contributed by atoms with Crippen molar-refractivity contribution in [3.63, 3.8) is 0 Å². The van der Waals surface area contributed by atoms with Crippen molar-refractivity contribution in [3.05, 3.63) is 12.4 Å². The maximum atomic E-state index is 12.4. The van der Waals surface area contributed by atoms with Crippen LogP contribution >= 0.6 is 0 Å². The number of hydrogen-bond donors (Lipinski definition) is 1. The summed E-state index contributed by atoms with van der Waals surface area (Å²) in [6.45, 7) is 2.68. The predicted molar refractivity (Wildman–Crippen MR) is 89.7 cm³/mol. The average molecular weight is 353 g/mol. The van der Waals surface area contributed by atoms with Gasteiger partial charge in [0.2, 0.25) is 0 Å². The van der Waals surface area contributed by atoms with E-state index in [1.165, 1.54) is 0 Å². The van der Waals surface area contributed by atoms with Crippen LogP contribution in [0, 0.1) is 5.92 Å². The van der Waals surface area contributed by atoms with Gasteiger partial charge >= 0.3 is 6.03 Å². The predicted octanol–water partition coefficient (Wildman–Crippen LogP) is 0.411. The SMILES string of the molecule is CN1CC[C@@H]2CN(C(=O)Nc3cnn(C4CCS(=O)(=O)C4)c3)C[C@@H]21. The van der Waals surface area contributed by atoms with Crippen LogP contribution in [0.5, 0.6) is 0 Å². The molecule has 0 saturated carbocycles. The molecule has 24 heavy (non-hydrogen) atoms. The first kappa shape index (κ1) is 15.9. The fourth-order valence-corrected chi connectivity index (χ4v) is 5.83. The zero-order valence-corrected chi connectivity index (χ0v) is 14.6. The zero-order valence-electron chi connectivity index (χ0n) is 13.8. The molecule has 1 aromatic heterocycles. The largest absolute Gasteiger partial charge is 0.323 e. The Labute approximate surface area is 141 Å². The zero-order chi connectivity index (χ0) is 16.9. The van der Waals surface area contributed by atoms with E-state index >= 15 is 0 Å². The minimum atomic E-state index is -2.95. The number of amides is 2. The molecule has 3 fully saturated rings. The number of rotatable bonds is 2. The second-order valence-electron chi connectivity index (χ2n) is 7.20. The molecule has 4 rings (SSSR count). The van der Waals surface area contributed by atoms with Crippen molar-refractivity contribution in [2.75, 3.05) is 43.5 Å². The van der Waals surface area contributed by atoms with Crippen molar-refractivity contribution in [1.29, 1.82) is 0 Å². The van der Waals surface area contributed by atoms with Gasteiger partial charge in [-0.05, 0) is 32.4 Å². The fourth-order valence-electron chi connectivity index (χ4n) is 4.13. The summed E-state index contributed by atoms with van der Waals surface area (Å²) in [4.78, 5) is 16.6. The van der Waals surface area contributed by atoms with Crippen LogP contribution in [0.1, 0.15) is 18.9 Å². The monoisotopic (exact) mass is 353 g/mol. The number of nitrogens with zero attached hydrogens (tertiary/aromatic N) is 4. The van der Waals surface area contributed by atoms with Gasteiger partial charge in [-0.15, -0.1) is 0 Å². The van der Waals surface area contributed by atoms with Gasteiger partial charge in [0.1, 0.15) is 0 Å². The second kappa shape index (κ2) is 5.73. The van der Waals surface area contributed by atoms with E-state index in [1.54, 1.807) is 17.1 Å². The molecule has 0 radical (unpaired) electrons. The number of urea groups is 1. The third-order valence-electron chi connectivity index (χ3n) is 5.55. The number of fused-ring (bicyclic) bond motifs is 1. The molecule has 0 aliphatic carbocycles. The van der Waals surface area contributed by atoms with Gasteiger partial charge < -0.3 is 15.1 Å². The van der Waals surface area contributed by atoms with Crippen LogP contribution in [0.25, 0.3) is 0 Å². The lowest BCUT2D eigenvalue weighted by molar-refractivity contribution is 0.213. The fraction of sp³-hybridized carbons (Fsp3) is 0.733. The number of sulfone groups is 1. The van der Waals surface area contributed by atoms with Gasteiger partial charge in [0.25, 0.3) is 0 Å². The Morgan fingerprint density at radius 1 is 1.33 bits per heavy atom. The highest BCUT2D eigenvalue weighted by Gasteiger charge is 2.41. The lowest BCUT2D eigenvalue weighted by Gasteiger charge is -2.20. The van der Waals surface area contributed by atoms with Crippen LogP contribution in [-0.2, 0) is 9.84 Å². The summed E-state index contributed by atoms with van der Waals surface area (Å²) < 4.78 is 24.8. The van der Waals surface area contributed by atoms with Crippen LogP contribution in [-0.4, -0.2) is 78.3 Å². The Kier molecular flexibility index (Phi) is 3.80. The Balaban J connectivity index is 1.37. The molecule has 3 aliphatic rings. The van der Waals surface area contributed by atoms with Crippen LogP contribution in [0.15, 0.2) is 12.4 Å². The maximum absolute atomic E-state index is 12.4. The van der Waals surface area contributed by atoms with Crippen molar-refractivity contribution < 1.29 is 13.2 Å². The molecule has 1 N–H and O–H groups in total. The molecule has 3 aliphatic heterocycles. The molecular formula is C15H23N5O3S. The van der Waals surface area contributed by atoms with Crippen molar-refractivity contribution >= 4 is 21.6 Å². The first-order chi connectivity index (χ1) is 11.4. The van der Waals surface area contributed by atoms with E-state index < -0.39 is 9.84 Å². The molecular weight excluding hydrogens is 330 g/mol. The third-order valence-corrected chi connectivity index (χ3v) is 7.30. The number of aromatic nitrogens is 2. The van der Waals surface area contributed by atoms with E-state index in [1.807, 2.05) is 4.90 Å². The van der Waals surface area contributed by atoms with Gasteiger partial charge in [-0.2, -0.15) is 5.10 Å². The molecule has 2 amide bonds. The quantitative estimate of drug-likeness (QED) is 0.832. The number of carbonyl (C=O) groups excluding carboxylic acids is 1. The summed E-state index contributed by atoms with van der Waals surface area (Å²) in [5, 5.41) is 7.11. The van der Waals surface area contributed by atoms with Crippen LogP contribution in [0.3, 0.4) is 0 Å². The summed E-state index contributed by atoms with van der Waals surface area (Å²) in [5.74, 6) is 0.917. The molecule has 9 heteroatoms. The maximum Gasteiger partial charge on any atom is 0.321 e. The molecule has 1 unspecified atom stereocenters. The topological polar surface area (TPSA) is 87.5 Å². The van der Waals surface area contributed by atoms with E-state index in [2.05, 4.69) is 22.4 Å². The normalized spacial score (nSPS) is 32.2. The Hall–Kier alpha value is -1.61. The van der Waals surface area contributed by atoms with Crippen LogP contribution in [0.2, 0.25) is 0 Å². The van der Waals surface area contributed by atoms with Gasteiger partial charge in [-0.25, -0.2) is 13.2 Å². The molecule has 8 nitrogen and oxygen atoms in total. The van der Waals surface area contributed by atoms with Gasteiger partial charge in [-0.3, -0.25) is 4.68 Å². The van der Waals surface area contributed by atoms with E-state index in [4.69, 9.17) is 0 Å². The molecule has 0 bridgehead atoms. The Morgan fingerprint density at radius 2 is 2.17 bits per heavy atom. The molecule has 132 valence electrons. The molecule has 3 atom stereocenters. The molecule has 4 heterocycles. The number of hydrogen-bond acceptors (Lipinski definition) is 5. The highest BCUT2D eigenvalue weighted by Crippen LogP contribution is 2.30. The van der Waals surface area contributed by atoms with Gasteiger partial charge in [-0.1, -0.05) is 0 Å². The van der Waals surface area contributed by atoms with Crippen molar-refractivity contribution in [2.45, 2.75) is 24.9 Å². The Morgan fingerprint density at radius 3 is 2.88 bits per heavy atom. The first-order valence-corrected chi connectivity index (χ1v) is 10.2. The van der Waals surface area contributed by atoms with Gasteiger partial charge in [0, 0.05) is 25.3 Å². The smallest absolute Gasteiger partial charge is 0.321 e. The average Bonchev–Trinajstić information content (AvgIpc) is 3.25. The summed E-state index contributed by atoms with van der Waals surface area (Å²) in [6.07, 6.45) is 5.05. The summed E-state index contributed by atoms with van der Waals surface area (Å²) in [5.41, 5.74) is 0.620. The molecule has 0 spiro atoms. The Bertz CT molecular complexity index is 746. The number of carbonyl (C=O) groups is 1. The molecule has 0 aromatic carbocycles. The minimum Gasteiger partial charge on any atom is -0.323 e. The number of nitrogens with one attached hydrogen (secondary N) is 1. The highest BCUT2D eigenvalue weighted by molar-refractivity contribution is 7.91. The third kappa shape index (κ3) is 2.90.